The lowest BCUT2D eigenvalue weighted by Crippen LogP contribution is -2.47. The molecule has 0 radical (unpaired) electrons. The second-order valence-electron chi connectivity index (χ2n) is 9.00. The molecule has 2 N–H and O–H groups in total. The lowest BCUT2D eigenvalue weighted by Gasteiger charge is -2.56. The number of amides is 1. The summed E-state index contributed by atoms with van der Waals surface area (Å²) in [6.07, 6.45) is 11.8. The number of hydrazone groups is 1. The molecule has 2 aromatic heterocycles. The summed E-state index contributed by atoms with van der Waals surface area (Å²) >= 11 is 0. The predicted octanol–water partition coefficient (Wildman–Crippen LogP) is 4.03. The average molecular weight is 366 g/mol. The van der Waals surface area contributed by atoms with E-state index >= 15 is 0 Å². The van der Waals surface area contributed by atoms with E-state index in [0.29, 0.717) is 12.2 Å². The molecule has 2 heterocycles. The minimum absolute atomic E-state index is 0.0343. The van der Waals surface area contributed by atoms with Gasteiger partial charge in [-0.05, 0) is 80.8 Å². The summed E-state index contributed by atoms with van der Waals surface area (Å²) in [7, 11) is 0. The van der Waals surface area contributed by atoms with Crippen molar-refractivity contribution in [3.63, 3.8) is 0 Å². The Hall–Kier alpha value is -2.37. The highest BCUT2D eigenvalue weighted by Crippen LogP contribution is 2.61. The number of aryl methyl sites for hydroxylation is 1. The summed E-state index contributed by atoms with van der Waals surface area (Å²) in [4.78, 5) is 12.5. The van der Waals surface area contributed by atoms with E-state index in [2.05, 4.69) is 20.7 Å². The fourth-order valence-electron chi connectivity index (χ4n) is 6.22. The van der Waals surface area contributed by atoms with E-state index in [1.54, 1.807) is 12.4 Å². The molecular formula is C21H26N4O2. The quantitative estimate of drug-likeness (QED) is 0.619. The largest absolute Gasteiger partial charge is 0.460 e. The van der Waals surface area contributed by atoms with E-state index < -0.39 is 0 Å². The van der Waals surface area contributed by atoms with Gasteiger partial charge in [0.25, 0.3) is 0 Å². The SMILES string of the molecule is Cc1ccc(-c2[nH]ncc2/C=N/NC(=O)CC23CC4CC(CC(C4)C2)C3)o1. The van der Waals surface area contributed by atoms with Crippen LogP contribution in [0.15, 0.2) is 27.8 Å². The first-order valence-electron chi connectivity index (χ1n) is 10.0. The number of carbonyl (C=O) groups is 1. The number of rotatable bonds is 5. The van der Waals surface area contributed by atoms with Crippen LogP contribution in [-0.4, -0.2) is 22.3 Å². The summed E-state index contributed by atoms with van der Waals surface area (Å²) < 4.78 is 5.63. The maximum Gasteiger partial charge on any atom is 0.240 e. The normalized spacial score (nSPS) is 31.7. The Morgan fingerprint density at radius 3 is 2.63 bits per heavy atom. The Balaban J connectivity index is 1.22. The molecule has 0 atom stereocenters. The van der Waals surface area contributed by atoms with Crippen LogP contribution < -0.4 is 5.43 Å². The highest BCUT2D eigenvalue weighted by atomic mass is 16.3. The molecule has 4 saturated carbocycles. The van der Waals surface area contributed by atoms with Crippen LogP contribution in [0.25, 0.3) is 11.5 Å². The Bertz CT molecular complexity index is 843. The molecule has 6 heteroatoms. The summed E-state index contributed by atoms with van der Waals surface area (Å²) in [6.45, 7) is 1.90. The molecular weight excluding hydrogens is 340 g/mol. The lowest BCUT2D eigenvalue weighted by atomic mass is 9.49. The Kier molecular flexibility index (Phi) is 3.95. The standard InChI is InChI=1S/C21H26N4O2/c1-13-2-3-18(27-13)20-17(12-23-25-20)11-22-24-19(26)10-21-7-14-4-15(8-21)6-16(5-14)9-21/h2-3,11-12,14-16H,4-10H2,1H3,(H,23,25)(H,24,26)/b22-11+. The van der Waals surface area contributed by atoms with Crippen LogP contribution in [0.3, 0.4) is 0 Å². The van der Waals surface area contributed by atoms with Crippen molar-refractivity contribution >= 4 is 12.1 Å². The molecule has 6 rings (SSSR count). The fraction of sp³-hybridized carbons (Fsp3) is 0.571. The molecule has 4 bridgehead atoms. The zero-order valence-electron chi connectivity index (χ0n) is 15.7. The topological polar surface area (TPSA) is 83.3 Å². The van der Waals surface area contributed by atoms with E-state index in [9.17, 15) is 4.79 Å². The third-order valence-electron chi connectivity index (χ3n) is 6.75. The van der Waals surface area contributed by atoms with Crippen molar-refractivity contribution in [2.24, 2.45) is 28.3 Å². The molecule has 4 fully saturated rings. The smallest absolute Gasteiger partial charge is 0.240 e. The zero-order valence-corrected chi connectivity index (χ0v) is 15.7. The van der Waals surface area contributed by atoms with Crippen LogP contribution in [0.4, 0.5) is 0 Å². The minimum atomic E-state index is 0.0343. The molecule has 2 aromatic rings. The maximum atomic E-state index is 12.5. The summed E-state index contributed by atoms with van der Waals surface area (Å²) in [5.74, 6) is 4.16. The molecule has 142 valence electrons. The van der Waals surface area contributed by atoms with Crippen molar-refractivity contribution in [1.82, 2.24) is 15.6 Å². The van der Waals surface area contributed by atoms with Crippen molar-refractivity contribution < 1.29 is 9.21 Å². The van der Waals surface area contributed by atoms with Gasteiger partial charge in [-0.25, -0.2) is 5.43 Å². The first-order valence-corrected chi connectivity index (χ1v) is 10.0. The Labute approximate surface area is 158 Å². The molecule has 0 spiro atoms. The van der Waals surface area contributed by atoms with Crippen LogP contribution in [0.1, 0.15) is 56.3 Å². The van der Waals surface area contributed by atoms with E-state index in [4.69, 9.17) is 4.42 Å². The number of aromatic nitrogens is 2. The lowest BCUT2D eigenvalue weighted by molar-refractivity contribution is -0.129. The molecule has 0 aromatic carbocycles. The second kappa shape index (κ2) is 6.36. The van der Waals surface area contributed by atoms with Gasteiger partial charge in [0.15, 0.2) is 5.76 Å². The molecule has 4 aliphatic carbocycles. The van der Waals surface area contributed by atoms with Gasteiger partial charge >= 0.3 is 0 Å². The van der Waals surface area contributed by atoms with Crippen LogP contribution in [-0.2, 0) is 4.79 Å². The molecule has 27 heavy (non-hydrogen) atoms. The second-order valence-corrected chi connectivity index (χ2v) is 9.00. The molecule has 1 amide bonds. The van der Waals surface area contributed by atoms with Gasteiger partial charge in [0.2, 0.25) is 5.91 Å². The van der Waals surface area contributed by atoms with Crippen LogP contribution >= 0.6 is 0 Å². The van der Waals surface area contributed by atoms with Gasteiger partial charge in [-0.2, -0.15) is 10.2 Å². The first-order chi connectivity index (χ1) is 13.1. The highest BCUT2D eigenvalue weighted by molar-refractivity contribution is 5.88. The Morgan fingerprint density at radius 1 is 1.30 bits per heavy atom. The molecule has 4 aliphatic rings. The highest BCUT2D eigenvalue weighted by Gasteiger charge is 2.51. The van der Waals surface area contributed by atoms with Crippen molar-refractivity contribution in [2.75, 3.05) is 0 Å². The van der Waals surface area contributed by atoms with E-state index in [-0.39, 0.29) is 11.3 Å². The number of hydrogen-bond acceptors (Lipinski definition) is 4. The van der Waals surface area contributed by atoms with E-state index in [0.717, 1.165) is 34.8 Å². The summed E-state index contributed by atoms with van der Waals surface area (Å²) in [5, 5.41) is 11.2. The summed E-state index contributed by atoms with van der Waals surface area (Å²) in [5.41, 5.74) is 4.53. The van der Waals surface area contributed by atoms with E-state index in [1.165, 1.54) is 38.5 Å². The van der Waals surface area contributed by atoms with Gasteiger partial charge in [0, 0.05) is 12.0 Å². The van der Waals surface area contributed by atoms with Gasteiger partial charge in [0.05, 0.1) is 12.4 Å². The average Bonchev–Trinajstić information content (AvgIpc) is 3.21. The Morgan fingerprint density at radius 2 is 2.00 bits per heavy atom. The fourth-order valence-corrected chi connectivity index (χ4v) is 6.22. The number of nitrogens with one attached hydrogen (secondary N) is 2. The zero-order chi connectivity index (χ0) is 18.4. The number of H-pyrrole nitrogens is 1. The van der Waals surface area contributed by atoms with Gasteiger partial charge in [0.1, 0.15) is 11.5 Å². The molecule has 0 unspecified atom stereocenters. The third kappa shape index (κ3) is 3.22. The summed E-state index contributed by atoms with van der Waals surface area (Å²) in [6, 6.07) is 3.80. The minimum Gasteiger partial charge on any atom is -0.460 e. The third-order valence-corrected chi connectivity index (χ3v) is 6.75. The van der Waals surface area contributed by atoms with Gasteiger partial charge in [-0.3, -0.25) is 9.89 Å². The van der Waals surface area contributed by atoms with Gasteiger partial charge < -0.3 is 4.42 Å². The number of furan rings is 1. The van der Waals surface area contributed by atoms with Crippen molar-refractivity contribution in [3.05, 3.63) is 29.7 Å². The number of aromatic amines is 1. The maximum absolute atomic E-state index is 12.5. The van der Waals surface area contributed by atoms with Gasteiger partial charge in [-0.1, -0.05) is 0 Å². The number of hydrogen-bond donors (Lipinski definition) is 2. The molecule has 0 aliphatic heterocycles. The number of carbonyl (C=O) groups excluding carboxylic acids is 1. The van der Waals surface area contributed by atoms with Gasteiger partial charge in [-0.15, -0.1) is 0 Å². The van der Waals surface area contributed by atoms with Crippen LogP contribution in [0.5, 0.6) is 0 Å². The predicted molar refractivity (Wildman–Crippen MR) is 102 cm³/mol. The monoisotopic (exact) mass is 366 g/mol. The molecule has 6 nitrogen and oxygen atoms in total. The number of nitrogens with zero attached hydrogens (tertiary/aromatic N) is 2. The van der Waals surface area contributed by atoms with E-state index in [1.807, 2.05) is 19.1 Å². The van der Waals surface area contributed by atoms with Crippen LogP contribution in [0, 0.1) is 30.1 Å². The van der Waals surface area contributed by atoms with Crippen LogP contribution in [0.2, 0.25) is 0 Å². The van der Waals surface area contributed by atoms with Crippen molar-refractivity contribution in [3.8, 4) is 11.5 Å². The molecule has 0 saturated heterocycles. The van der Waals surface area contributed by atoms with Crippen molar-refractivity contribution in [1.29, 1.82) is 0 Å². The van der Waals surface area contributed by atoms with Crippen molar-refractivity contribution in [2.45, 2.75) is 51.9 Å². The first kappa shape index (κ1) is 16.8.